The van der Waals surface area contributed by atoms with Crippen LogP contribution in [-0.4, -0.2) is 29.3 Å². The van der Waals surface area contributed by atoms with Crippen molar-refractivity contribution in [2.75, 3.05) is 13.2 Å². The summed E-state index contributed by atoms with van der Waals surface area (Å²) in [4.78, 5) is 26.7. The number of amides is 2. The first kappa shape index (κ1) is 23.0. The van der Waals surface area contributed by atoms with Crippen LogP contribution in [-0.2, 0) is 11.3 Å². The molecule has 3 aromatic carbocycles. The molecule has 0 bridgehead atoms. The summed E-state index contributed by atoms with van der Waals surface area (Å²) in [5, 5.41) is 0.328. The van der Waals surface area contributed by atoms with Crippen molar-refractivity contribution in [2.45, 2.75) is 13.5 Å². The van der Waals surface area contributed by atoms with Crippen LogP contribution in [0.4, 0.5) is 4.79 Å². The van der Waals surface area contributed by atoms with Crippen molar-refractivity contribution in [3.05, 3.63) is 99.4 Å². The fourth-order valence-electron chi connectivity index (χ4n) is 3.17. The molecule has 7 heteroatoms. The first-order valence-corrected chi connectivity index (χ1v) is 11.6. The van der Waals surface area contributed by atoms with Crippen molar-refractivity contribution in [2.24, 2.45) is 0 Å². The number of hydrogen-bond donors (Lipinski definition) is 0. The highest BCUT2D eigenvalue weighted by Gasteiger charge is 2.34. The van der Waals surface area contributed by atoms with Crippen LogP contribution in [0.2, 0.25) is 5.02 Å². The van der Waals surface area contributed by atoms with Gasteiger partial charge in [0.25, 0.3) is 11.1 Å². The number of thioether (sulfide) groups is 1. The van der Waals surface area contributed by atoms with Crippen molar-refractivity contribution >= 4 is 40.6 Å². The zero-order chi connectivity index (χ0) is 23.2. The minimum Gasteiger partial charge on any atom is -0.490 e. The molecule has 4 rings (SSSR count). The van der Waals surface area contributed by atoms with E-state index in [1.54, 1.807) is 30.3 Å². The number of imide groups is 1. The monoisotopic (exact) mass is 479 g/mol. The lowest BCUT2D eigenvalue weighted by molar-refractivity contribution is -0.123. The third-order valence-corrected chi connectivity index (χ3v) is 6.11. The summed E-state index contributed by atoms with van der Waals surface area (Å²) in [6, 6.07) is 22.3. The van der Waals surface area contributed by atoms with Crippen molar-refractivity contribution in [1.29, 1.82) is 0 Å². The normalized spacial score (nSPS) is 14.7. The molecule has 2 amide bonds. The average Bonchev–Trinajstić information content (AvgIpc) is 3.07. The van der Waals surface area contributed by atoms with Gasteiger partial charge in [0.05, 0.1) is 11.4 Å². The molecule has 168 valence electrons. The van der Waals surface area contributed by atoms with Gasteiger partial charge < -0.3 is 9.47 Å². The molecule has 1 aliphatic heterocycles. The summed E-state index contributed by atoms with van der Waals surface area (Å²) >= 11 is 6.84. The van der Waals surface area contributed by atoms with Crippen molar-refractivity contribution in [1.82, 2.24) is 4.90 Å². The maximum absolute atomic E-state index is 12.7. The van der Waals surface area contributed by atoms with E-state index >= 15 is 0 Å². The second kappa shape index (κ2) is 10.6. The molecule has 0 unspecified atom stereocenters. The van der Waals surface area contributed by atoms with E-state index in [4.69, 9.17) is 21.1 Å². The molecule has 0 N–H and O–H groups in total. The topological polar surface area (TPSA) is 55.8 Å². The summed E-state index contributed by atoms with van der Waals surface area (Å²) in [6.45, 7) is 3.10. The van der Waals surface area contributed by atoms with Crippen LogP contribution >= 0.6 is 23.4 Å². The van der Waals surface area contributed by atoms with Crippen LogP contribution < -0.4 is 9.47 Å². The number of benzene rings is 3. The number of aryl methyl sites for hydroxylation is 1. The van der Waals surface area contributed by atoms with Gasteiger partial charge in [-0.2, -0.15) is 0 Å². The van der Waals surface area contributed by atoms with Gasteiger partial charge in [0.15, 0.2) is 0 Å². The van der Waals surface area contributed by atoms with Gasteiger partial charge in [-0.15, -0.1) is 0 Å². The number of ether oxygens (including phenoxy) is 2. The molecule has 0 aliphatic carbocycles. The second-order valence-electron chi connectivity index (χ2n) is 7.47. The van der Waals surface area contributed by atoms with Crippen LogP contribution in [0, 0.1) is 6.92 Å². The lowest BCUT2D eigenvalue weighted by Gasteiger charge is -2.12. The molecule has 0 atom stereocenters. The van der Waals surface area contributed by atoms with Gasteiger partial charge in [-0.25, -0.2) is 0 Å². The molecule has 3 aromatic rings. The Morgan fingerprint density at radius 1 is 0.848 bits per heavy atom. The predicted octanol–water partition coefficient (Wildman–Crippen LogP) is 6.34. The van der Waals surface area contributed by atoms with Gasteiger partial charge in [0, 0.05) is 5.02 Å². The minimum atomic E-state index is -0.298. The van der Waals surface area contributed by atoms with Gasteiger partial charge in [0.1, 0.15) is 24.7 Å². The van der Waals surface area contributed by atoms with Crippen LogP contribution in [0.15, 0.2) is 77.7 Å². The number of hydrogen-bond acceptors (Lipinski definition) is 5. The maximum Gasteiger partial charge on any atom is 0.293 e. The fraction of sp³-hybridized carbons (Fsp3) is 0.154. The lowest BCUT2D eigenvalue weighted by atomic mass is 10.2. The Bertz CT molecular complexity index is 1160. The molecule has 0 aromatic heterocycles. The Labute approximate surface area is 202 Å². The van der Waals surface area contributed by atoms with E-state index in [1.165, 1.54) is 10.5 Å². The highest BCUT2D eigenvalue weighted by atomic mass is 35.5. The van der Waals surface area contributed by atoms with Gasteiger partial charge >= 0.3 is 0 Å². The van der Waals surface area contributed by atoms with E-state index in [2.05, 4.69) is 0 Å². The first-order valence-electron chi connectivity index (χ1n) is 10.4. The first-order chi connectivity index (χ1) is 16.0. The third-order valence-electron chi connectivity index (χ3n) is 4.95. The Hall–Kier alpha value is -3.22. The predicted molar refractivity (Wildman–Crippen MR) is 132 cm³/mol. The van der Waals surface area contributed by atoms with E-state index < -0.39 is 0 Å². The molecule has 0 spiro atoms. The van der Waals surface area contributed by atoms with Crippen LogP contribution in [0.3, 0.4) is 0 Å². The molecule has 1 heterocycles. The standard InChI is InChI=1S/C26H22ClNO4S/c1-18-2-10-22(11-3-18)31-14-15-32-23-12-6-19(7-13-23)16-24-25(29)28(26(30)33-24)17-20-4-8-21(27)9-5-20/h2-13,16H,14-15,17H2,1H3/b24-16-. The minimum absolute atomic E-state index is 0.219. The summed E-state index contributed by atoms with van der Waals surface area (Å²) in [6.07, 6.45) is 1.72. The largest absolute Gasteiger partial charge is 0.490 e. The third kappa shape index (κ3) is 6.18. The lowest BCUT2D eigenvalue weighted by Crippen LogP contribution is -2.27. The molecule has 0 saturated carbocycles. The zero-order valence-corrected chi connectivity index (χ0v) is 19.6. The van der Waals surface area contributed by atoms with E-state index in [-0.39, 0.29) is 17.7 Å². The van der Waals surface area contributed by atoms with Crippen LogP contribution in [0.25, 0.3) is 6.08 Å². The maximum atomic E-state index is 12.7. The smallest absolute Gasteiger partial charge is 0.293 e. The number of carbonyl (C=O) groups is 2. The molecule has 33 heavy (non-hydrogen) atoms. The van der Waals surface area contributed by atoms with Gasteiger partial charge in [0.2, 0.25) is 0 Å². The van der Waals surface area contributed by atoms with Gasteiger partial charge in [-0.1, -0.05) is 53.6 Å². The van der Waals surface area contributed by atoms with E-state index in [1.807, 2.05) is 55.5 Å². The van der Waals surface area contributed by atoms with Gasteiger partial charge in [-0.05, 0) is 72.3 Å². The van der Waals surface area contributed by atoms with E-state index in [0.29, 0.717) is 28.9 Å². The Balaban J connectivity index is 1.30. The van der Waals surface area contributed by atoms with Crippen molar-refractivity contribution in [3.8, 4) is 11.5 Å². The van der Waals surface area contributed by atoms with Crippen molar-refractivity contribution < 1.29 is 19.1 Å². The zero-order valence-electron chi connectivity index (χ0n) is 18.0. The molecule has 5 nitrogen and oxygen atoms in total. The van der Waals surface area contributed by atoms with E-state index in [9.17, 15) is 9.59 Å². The highest BCUT2D eigenvalue weighted by molar-refractivity contribution is 8.18. The quantitative estimate of drug-likeness (QED) is 0.278. The number of rotatable bonds is 8. The Morgan fingerprint density at radius 2 is 1.42 bits per heavy atom. The summed E-state index contributed by atoms with van der Waals surface area (Å²) in [5.74, 6) is 1.22. The molecule has 1 aliphatic rings. The number of carbonyl (C=O) groups excluding carboxylic acids is 2. The summed E-state index contributed by atoms with van der Waals surface area (Å²) in [7, 11) is 0. The van der Waals surface area contributed by atoms with E-state index in [0.717, 1.165) is 28.6 Å². The average molecular weight is 480 g/mol. The summed E-state index contributed by atoms with van der Waals surface area (Å²) < 4.78 is 11.4. The van der Waals surface area contributed by atoms with Crippen LogP contribution in [0.1, 0.15) is 16.7 Å². The molecular formula is C26H22ClNO4S. The summed E-state index contributed by atoms with van der Waals surface area (Å²) in [5.41, 5.74) is 2.84. The molecule has 0 radical (unpaired) electrons. The molecule has 1 fully saturated rings. The fourth-order valence-corrected chi connectivity index (χ4v) is 4.14. The number of nitrogens with zero attached hydrogens (tertiary/aromatic N) is 1. The highest BCUT2D eigenvalue weighted by Crippen LogP contribution is 2.33. The van der Waals surface area contributed by atoms with Crippen LogP contribution in [0.5, 0.6) is 11.5 Å². The molecular weight excluding hydrogens is 458 g/mol. The Kier molecular flexibility index (Phi) is 7.37. The van der Waals surface area contributed by atoms with Gasteiger partial charge in [-0.3, -0.25) is 14.5 Å². The Morgan fingerprint density at radius 3 is 2.03 bits per heavy atom. The number of halogens is 1. The SMILES string of the molecule is Cc1ccc(OCCOc2ccc(/C=C3\SC(=O)N(Cc4ccc(Cl)cc4)C3=O)cc2)cc1. The second-order valence-corrected chi connectivity index (χ2v) is 8.90. The van der Waals surface area contributed by atoms with Crippen molar-refractivity contribution in [3.63, 3.8) is 0 Å². The molecule has 1 saturated heterocycles.